The van der Waals surface area contributed by atoms with Crippen LogP contribution in [0, 0.1) is 10.1 Å². The third kappa shape index (κ3) is 3.55. The van der Waals surface area contributed by atoms with E-state index in [4.69, 9.17) is 4.74 Å². The molecular formula is C18H18N4O3S. The summed E-state index contributed by atoms with van der Waals surface area (Å²) >= 11 is 1.50. The highest BCUT2D eigenvalue weighted by molar-refractivity contribution is 7.99. The Bertz CT molecular complexity index is 942. The zero-order valence-corrected chi connectivity index (χ0v) is 15.4. The molecule has 2 aromatic carbocycles. The molecule has 1 unspecified atom stereocenters. The first kappa shape index (κ1) is 17.9. The van der Waals surface area contributed by atoms with Crippen LogP contribution in [0.2, 0.25) is 0 Å². The van der Waals surface area contributed by atoms with Gasteiger partial charge in [-0.25, -0.2) is 0 Å². The quantitative estimate of drug-likeness (QED) is 0.366. The van der Waals surface area contributed by atoms with Gasteiger partial charge in [0, 0.05) is 24.4 Å². The van der Waals surface area contributed by atoms with Crippen LogP contribution in [0.1, 0.15) is 17.7 Å². The smallest absolute Gasteiger partial charge is 0.269 e. The van der Waals surface area contributed by atoms with Crippen LogP contribution < -0.4 is 4.74 Å². The average molecular weight is 370 g/mol. The maximum Gasteiger partial charge on any atom is 0.269 e. The summed E-state index contributed by atoms with van der Waals surface area (Å²) in [5, 5.41) is 20.3. The van der Waals surface area contributed by atoms with Crippen molar-refractivity contribution in [3.8, 4) is 17.1 Å². The first-order valence-corrected chi connectivity index (χ1v) is 8.83. The second kappa shape index (κ2) is 7.57. The van der Waals surface area contributed by atoms with Crippen LogP contribution in [0.25, 0.3) is 11.4 Å². The largest absolute Gasteiger partial charge is 0.496 e. The van der Waals surface area contributed by atoms with Gasteiger partial charge in [0.2, 0.25) is 0 Å². The molecule has 3 aromatic rings. The molecule has 0 fully saturated rings. The van der Waals surface area contributed by atoms with E-state index < -0.39 is 0 Å². The minimum atomic E-state index is -0.386. The van der Waals surface area contributed by atoms with Gasteiger partial charge in [0.1, 0.15) is 5.75 Å². The van der Waals surface area contributed by atoms with E-state index in [1.807, 2.05) is 48.9 Å². The summed E-state index contributed by atoms with van der Waals surface area (Å²) < 4.78 is 7.30. The van der Waals surface area contributed by atoms with Gasteiger partial charge in [0.25, 0.3) is 5.69 Å². The first-order valence-electron chi connectivity index (χ1n) is 7.95. The summed E-state index contributed by atoms with van der Waals surface area (Å²) in [7, 11) is 3.51. The number of aromatic nitrogens is 3. The summed E-state index contributed by atoms with van der Waals surface area (Å²) in [6.07, 6.45) is 0. The van der Waals surface area contributed by atoms with Crippen LogP contribution in [0.5, 0.6) is 5.75 Å². The third-order valence-electron chi connectivity index (χ3n) is 4.02. The molecule has 8 heteroatoms. The molecular weight excluding hydrogens is 352 g/mol. The third-order valence-corrected chi connectivity index (χ3v) is 5.21. The Labute approximate surface area is 155 Å². The van der Waals surface area contributed by atoms with Gasteiger partial charge in [0.05, 0.1) is 17.6 Å². The van der Waals surface area contributed by atoms with E-state index in [1.165, 1.54) is 17.8 Å². The number of methoxy groups -OCH3 is 1. The second-order valence-electron chi connectivity index (χ2n) is 5.68. The summed E-state index contributed by atoms with van der Waals surface area (Å²) in [6.45, 7) is 1.99. The lowest BCUT2D eigenvalue weighted by atomic mass is 10.1. The van der Waals surface area contributed by atoms with E-state index in [-0.39, 0.29) is 15.9 Å². The van der Waals surface area contributed by atoms with Gasteiger partial charge >= 0.3 is 0 Å². The van der Waals surface area contributed by atoms with Crippen LogP contribution in [0.3, 0.4) is 0 Å². The van der Waals surface area contributed by atoms with Gasteiger partial charge in [-0.1, -0.05) is 36.0 Å². The number of hydrogen-bond acceptors (Lipinski definition) is 6. The molecule has 0 aliphatic carbocycles. The molecule has 134 valence electrons. The molecule has 0 bridgehead atoms. The molecule has 0 saturated carbocycles. The topological polar surface area (TPSA) is 83.1 Å². The number of benzene rings is 2. The van der Waals surface area contributed by atoms with Crippen LogP contribution in [0.15, 0.2) is 53.7 Å². The molecule has 0 aliphatic rings. The number of ether oxygens (including phenoxy) is 1. The average Bonchev–Trinajstić information content (AvgIpc) is 3.02. The Hall–Kier alpha value is -2.87. The zero-order chi connectivity index (χ0) is 18.7. The highest BCUT2D eigenvalue weighted by Crippen LogP contribution is 2.37. The summed E-state index contributed by atoms with van der Waals surface area (Å²) in [5.74, 6) is 1.43. The van der Waals surface area contributed by atoms with Crippen LogP contribution in [-0.2, 0) is 7.05 Å². The Kier molecular flexibility index (Phi) is 5.22. The molecule has 0 saturated heterocycles. The maximum absolute atomic E-state index is 11.0. The molecule has 0 amide bonds. The Morgan fingerprint density at radius 1 is 1.19 bits per heavy atom. The van der Waals surface area contributed by atoms with Gasteiger partial charge in [-0.3, -0.25) is 10.1 Å². The normalized spacial score (nSPS) is 12.0. The minimum Gasteiger partial charge on any atom is -0.496 e. The number of nitro groups is 1. The van der Waals surface area contributed by atoms with Gasteiger partial charge in [-0.15, -0.1) is 10.2 Å². The fourth-order valence-corrected chi connectivity index (χ4v) is 3.53. The fraction of sp³-hybridized carbons (Fsp3) is 0.222. The minimum absolute atomic E-state index is 0.0108. The zero-order valence-electron chi connectivity index (χ0n) is 14.6. The standard InChI is InChI=1S/C18H18N4O3S/c1-12(13-7-6-8-14(11-13)22(23)24)26-18-20-19-17(21(18)2)15-9-4-5-10-16(15)25-3/h4-12H,1-3H3. The lowest BCUT2D eigenvalue weighted by molar-refractivity contribution is -0.384. The molecule has 0 N–H and O–H groups in total. The number of rotatable bonds is 6. The number of nitro benzene ring substituents is 1. The van der Waals surface area contributed by atoms with Crippen LogP contribution in [0.4, 0.5) is 5.69 Å². The van der Waals surface area contributed by atoms with Crippen molar-refractivity contribution in [1.29, 1.82) is 0 Å². The predicted octanol–water partition coefficient (Wildman–Crippen LogP) is 4.25. The van der Waals surface area contributed by atoms with Crippen molar-refractivity contribution < 1.29 is 9.66 Å². The summed E-state index contributed by atoms with van der Waals surface area (Å²) in [5.41, 5.74) is 1.81. The van der Waals surface area contributed by atoms with Gasteiger partial charge in [0.15, 0.2) is 11.0 Å². The van der Waals surface area contributed by atoms with Crippen molar-refractivity contribution in [3.05, 3.63) is 64.2 Å². The number of para-hydroxylation sites is 1. The Morgan fingerprint density at radius 2 is 1.96 bits per heavy atom. The number of nitrogens with zero attached hydrogens (tertiary/aromatic N) is 4. The number of thioether (sulfide) groups is 1. The van der Waals surface area contributed by atoms with E-state index >= 15 is 0 Å². The lowest BCUT2D eigenvalue weighted by Crippen LogP contribution is -1.98. The number of hydrogen-bond donors (Lipinski definition) is 0. The first-order chi connectivity index (χ1) is 12.5. The van der Waals surface area contributed by atoms with Crippen molar-refractivity contribution in [3.63, 3.8) is 0 Å². The van der Waals surface area contributed by atoms with E-state index in [9.17, 15) is 10.1 Å². The Morgan fingerprint density at radius 3 is 2.69 bits per heavy atom. The highest BCUT2D eigenvalue weighted by atomic mass is 32.2. The summed E-state index contributed by atoms with van der Waals surface area (Å²) in [4.78, 5) is 10.6. The van der Waals surface area contributed by atoms with Crippen molar-refractivity contribution in [2.45, 2.75) is 17.3 Å². The van der Waals surface area contributed by atoms with Crippen molar-refractivity contribution in [2.24, 2.45) is 7.05 Å². The van der Waals surface area contributed by atoms with Gasteiger partial charge in [-0.05, 0) is 24.6 Å². The van der Waals surface area contributed by atoms with Crippen molar-refractivity contribution in [2.75, 3.05) is 7.11 Å². The molecule has 0 aliphatic heterocycles. The van der Waals surface area contributed by atoms with E-state index in [1.54, 1.807) is 19.2 Å². The molecule has 7 nitrogen and oxygen atoms in total. The maximum atomic E-state index is 11.0. The Balaban J connectivity index is 1.87. The molecule has 0 radical (unpaired) electrons. The predicted molar refractivity (Wildman–Crippen MR) is 100 cm³/mol. The molecule has 1 aromatic heterocycles. The van der Waals surface area contributed by atoms with E-state index in [0.717, 1.165) is 22.0 Å². The molecule has 1 heterocycles. The lowest BCUT2D eigenvalue weighted by Gasteiger charge is -2.12. The van der Waals surface area contributed by atoms with Crippen molar-refractivity contribution in [1.82, 2.24) is 14.8 Å². The highest BCUT2D eigenvalue weighted by Gasteiger charge is 2.18. The van der Waals surface area contributed by atoms with Crippen LogP contribution >= 0.6 is 11.8 Å². The summed E-state index contributed by atoms with van der Waals surface area (Å²) in [6, 6.07) is 14.3. The molecule has 0 spiro atoms. The second-order valence-corrected chi connectivity index (χ2v) is 6.99. The van der Waals surface area contributed by atoms with Crippen molar-refractivity contribution >= 4 is 17.4 Å². The number of non-ortho nitro benzene ring substituents is 1. The van der Waals surface area contributed by atoms with Crippen LogP contribution in [-0.4, -0.2) is 26.8 Å². The fourth-order valence-electron chi connectivity index (χ4n) is 2.60. The molecule has 1 atom stereocenters. The monoisotopic (exact) mass is 370 g/mol. The van der Waals surface area contributed by atoms with Gasteiger partial charge in [-0.2, -0.15) is 0 Å². The molecule has 26 heavy (non-hydrogen) atoms. The SMILES string of the molecule is COc1ccccc1-c1nnc(SC(C)c2cccc([N+](=O)[O-])c2)n1C. The molecule has 3 rings (SSSR count). The van der Waals surface area contributed by atoms with Gasteiger partial charge < -0.3 is 9.30 Å². The van der Waals surface area contributed by atoms with E-state index in [2.05, 4.69) is 10.2 Å². The van der Waals surface area contributed by atoms with E-state index in [0.29, 0.717) is 5.82 Å².